The summed E-state index contributed by atoms with van der Waals surface area (Å²) >= 11 is 0. The van der Waals surface area contributed by atoms with E-state index in [9.17, 15) is 4.79 Å². The lowest BCUT2D eigenvalue weighted by molar-refractivity contribution is -0.125. The molecule has 2 aromatic carbocycles. The Kier molecular flexibility index (Phi) is 5.25. The van der Waals surface area contributed by atoms with Crippen molar-refractivity contribution in [3.63, 3.8) is 0 Å². The van der Waals surface area contributed by atoms with E-state index in [4.69, 9.17) is 18.9 Å². The molecule has 2 aliphatic rings. The summed E-state index contributed by atoms with van der Waals surface area (Å²) in [6.07, 6.45) is 0. The van der Waals surface area contributed by atoms with Crippen LogP contribution in [0.25, 0.3) is 0 Å². The standard InChI is InChI=1S/C21H24N2O5/c1-25-14-4-6-18(26-2)15(8-14)16-10-22-11-17(16)21(24)23-9-13-3-5-19-20(7-13)28-12-27-19/h3-8,16-17,22H,9-12H2,1-2H3,(H,23,24). The predicted molar refractivity (Wildman–Crippen MR) is 103 cm³/mol. The van der Waals surface area contributed by atoms with Crippen LogP contribution in [0, 0.1) is 5.92 Å². The number of rotatable bonds is 6. The molecule has 2 heterocycles. The van der Waals surface area contributed by atoms with E-state index in [1.165, 1.54) is 0 Å². The molecule has 2 N–H and O–H groups in total. The van der Waals surface area contributed by atoms with Gasteiger partial charge in [0.2, 0.25) is 12.7 Å². The van der Waals surface area contributed by atoms with Crippen LogP contribution in [-0.2, 0) is 11.3 Å². The summed E-state index contributed by atoms with van der Waals surface area (Å²) in [5.74, 6) is 2.81. The Balaban J connectivity index is 1.46. The van der Waals surface area contributed by atoms with Gasteiger partial charge in [0.05, 0.1) is 20.1 Å². The summed E-state index contributed by atoms with van der Waals surface area (Å²) < 4.78 is 21.6. The smallest absolute Gasteiger partial charge is 0.231 e. The number of benzene rings is 2. The quantitative estimate of drug-likeness (QED) is 0.794. The van der Waals surface area contributed by atoms with Crippen molar-refractivity contribution < 1.29 is 23.7 Å². The van der Waals surface area contributed by atoms with Crippen molar-refractivity contribution in [2.75, 3.05) is 34.1 Å². The van der Waals surface area contributed by atoms with Crippen molar-refractivity contribution in [3.05, 3.63) is 47.5 Å². The molecule has 1 saturated heterocycles. The van der Waals surface area contributed by atoms with Crippen LogP contribution in [0.2, 0.25) is 0 Å². The van der Waals surface area contributed by atoms with Gasteiger partial charge in [0, 0.05) is 31.1 Å². The Morgan fingerprint density at radius 3 is 2.79 bits per heavy atom. The molecule has 0 aliphatic carbocycles. The largest absolute Gasteiger partial charge is 0.497 e. The average molecular weight is 384 g/mol. The molecular weight excluding hydrogens is 360 g/mol. The molecular formula is C21H24N2O5. The van der Waals surface area contributed by atoms with E-state index < -0.39 is 0 Å². The highest BCUT2D eigenvalue weighted by Crippen LogP contribution is 2.37. The van der Waals surface area contributed by atoms with E-state index in [0.717, 1.165) is 28.4 Å². The van der Waals surface area contributed by atoms with Crippen LogP contribution in [0.15, 0.2) is 36.4 Å². The zero-order valence-electron chi connectivity index (χ0n) is 16.0. The summed E-state index contributed by atoms with van der Waals surface area (Å²) in [7, 11) is 3.27. The zero-order valence-corrected chi connectivity index (χ0v) is 16.0. The lowest BCUT2D eigenvalue weighted by atomic mass is 9.87. The minimum atomic E-state index is -0.185. The van der Waals surface area contributed by atoms with Gasteiger partial charge < -0.3 is 29.6 Å². The molecule has 2 aliphatic heterocycles. The molecule has 0 spiro atoms. The average Bonchev–Trinajstić information content (AvgIpc) is 3.40. The van der Waals surface area contributed by atoms with Gasteiger partial charge in [-0.15, -0.1) is 0 Å². The molecule has 1 fully saturated rings. The summed E-state index contributed by atoms with van der Waals surface area (Å²) in [6, 6.07) is 11.4. The van der Waals surface area contributed by atoms with Crippen molar-refractivity contribution in [1.29, 1.82) is 0 Å². The van der Waals surface area contributed by atoms with Gasteiger partial charge in [0.1, 0.15) is 11.5 Å². The van der Waals surface area contributed by atoms with Crippen LogP contribution in [0.5, 0.6) is 23.0 Å². The SMILES string of the molecule is COc1ccc(OC)c(C2CNCC2C(=O)NCc2ccc3c(c2)OCO3)c1. The first kappa shape index (κ1) is 18.4. The molecule has 2 aromatic rings. The van der Waals surface area contributed by atoms with Crippen molar-refractivity contribution in [1.82, 2.24) is 10.6 Å². The highest BCUT2D eigenvalue weighted by atomic mass is 16.7. The van der Waals surface area contributed by atoms with E-state index in [0.29, 0.717) is 25.4 Å². The molecule has 0 radical (unpaired) electrons. The van der Waals surface area contributed by atoms with Crippen LogP contribution < -0.4 is 29.6 Å². The molecule has 1 amide bonds. The van der Waals surface area contributed by atoms with Crippen molar-refractivity contribution in [3.8, 4) is 23.0 Å². The van der Waals surface area contributed by atoms with Crippen molar-refractivity contribution >= 4 is 5.91 Å². The van der Waals surface area contributed by atoms with E-state index in [-0.39, 0.29) is 24.5 Å². The highest BCUT2D eigenvalue weighted by molar-refractivity contribution is 5.80. The van der Waals surface area contributed by atoms with Gasteiger partial charge >= 0.3 is 0 Å². The molecule has 0 bridgehead atoms. The fraction of sp³-hybridized carbons (Fsp3) is 0.381. The number of fused-ring (bicyclic) bond motifs is 1. The van der Waals surface area contributed by atoms with Gasteiger partial charge in [-0.3, -0.25) is 4.79 Å². The van der Waals surface area contributed by atoms with Crippen molar-refractivity contribution in [2.24, 2.45) is 5.92 Å². The summed E-state index contributed by atoms with van der Waals surface area (Å²) in [5.41, 5.74) is 1.95. The third-order valence-electron chi connectivity index (χ3n) is 5.29. The summed E-state index contributed by atoms with van der Waals surface area (Å²) in [6.45, 7) is 2.01. The second-order valence-electron chi connectivity index (χ2n) is 6.88. The lowest BCUT2D eigenvalue weighted by Crippen LogP contribution is -2.34. The molecule has 4 rings (SSSR count). The van der Waals surface area contributed by atoms with E-state index in [2.05, 4.69) is 10.6 Å². The van der Waals surface area contributed by atoms with Gasteiger partial charge in [-0.25, -0.2) is 0 Å². The number of ether oxygens (including phenoxy) is 4. The molecule has 0 saturated carbocycles. The molecule has 2 atom stereocenters. The number of nitrogens with one attached hydrogen (secondary N) is 2. The van der Waals surface area contributed by atoms with E-state index in [1.54, 1.807) is 14.2 Å². The number of hydrogen-bond donors (Lipinski definition) is 2. The Bertz CT molecular complexity index is 870. The van der Waals surface area contributed by atoms with Gasteiger partial charge in [-0.1, -0.05) is 6.07 Å². The third-order valence-corrected chi connectivity index (χ3v) is 5.29. The predicted octanol–water partition coefficient (Wildman–Crippen LogP) is 2.05. The fourth-order valence-electron chi connectivity index (χ4n) is 3.78. The number of carbonyl (C=O) groups excluding carboxylic acids is 1. The number of methoxy groups -OCH3 is 2. The highest BCUT2D eigenvalue weighted by Gasteiger charge is 2.35. The summed E-state index contributed by atoms with van der Waals surface area (Å²) in [5, 5.41) is 6.38. The molecule has 7 nitrogen and oxygen atoms in total. The number of hydrogen-bond acceptors (Lipinski definition) is 6. The van der Waals surface area contributed by atoms with Crippen LogP contribution in [0.1, 0.15) is 17.0 Å². The van der Waals surface area contributed by atoms with Gasteiger partial charge in [0.15, 0.2) is 11.5 Å². The molecule has 148 valence electrons. The Hall–Kier alpha value is -2.93. The first-order chi connectivity index (χ1) is 13.7. The molecule has 0 aromatic heterocycles. The van der Waals surface area contributed by atoms with E-state index in [1.807, 2.05) is 36.4 Å². The first-order valence-electron chi connectivity index (χ1n) is 9.28. The summed E-state index contributed by atoms with van der Waals surface area (Å²) in [4.78, 5) is 12.9. The lowest BCUT2D eigenvalue weighted by Gasteiger charge is -2.21. The number of amides is 1. The third kappa shape index (κ3) is 3.57. The zero-order chi connectivity index (χ0) is 19.5. The maximum Gasteiger partial charge on any atom is 0.231 e. The van der Waals surface area contributed by atoms with Gasteiger partial charge in [0.25, 0.3) is 0 Å². The minimum absolute atomic E-state index is 0.0116. The van der Waals surface area contributed by atoms with Crippen LogP contribution in [0.3, 0.4) is 0 Å². The first-order valence-corrected chi connectivity index (χ1v) is 9.28. The van der Waals surface area contributed by atoms with Crippen LogP contribution >= 0.6 is 0 Å². The van der Waals surface area contributed by atoms with Crippen LogP contribution in [0.4, 0.5) is 0 Å². The van der Waals surface area contributed by atoms with E-state index >= 15 is 0 Å². The number of carbonyl (C=O) groups is 1. The second kappa shape index (κ2) is 7.98. The Labute approximate surface area is 163 Å². The molecule has 7 heteroatoms. The maximum absolute atomic E-state index is 12.9. The Morgan fingerprint density at radius 1 is 1.11 bits per heavy atom. The van der Waals surface area contributed by atoms with Crippen LogP contribution in [-0.4, -0.2) is 40.0 Å². The van der Waals surface area contributed by atoms with Crippen molar-refractivity contribution in [2.45, 2.75) is 12.5 Å². The Morgan fingerprint density at radius 2 is 1.96 bits per heavy atom. The topological polar surface area (TPSA) is 78.1 Å². The normalized spacial score (nSPS) is 20.1. The van der Waals surface area contributed by atoms with Gasteiger partial charge in [-0.2, -0.15) is 0 Å². The molecule has 28 heavy (non-hydrogen) atoms. The maximum atomic E-state index is 12.9. The molecule has 2 unspecified atom stereocenters. The monoisotopic (exact) mass is 384 g/mol. The fourth-order valence-corrected chi connectivity index (χ4v) is 3.78. The minimum Gasteiger partial charge on any atom is -0.497 e. The second-order valence-corrected chi connectivity index (χ2v) is 6.88. The van der Waals surface area contributed by atoms with Gasteiger partial charge in [-0.05, 0) is 35.9 Å².